The van der Waals surface area contributed by atoms with Crippen LogP contribution in [0.1, 0.15) is 45.9 Å². The molecule has 0 bridgehead atoms. The van der Waals surface area contributed by atoms with Crippen LogP contribution in [0.2, 0.25) is 0 Å². The molecule has 1 unspecified atom stereocenters. The lowest BCUT2D eigenvalue weighted by Crippen LogP contribution is -2.32. The number of fused-ring (bicyclic) bond motifs is 13. The van der Waals surface area contributed by atoms with E-state index in [1.807, 2.05) is 0 Å². The molecule has 0 amide bonds. The van der Waals surface area contributed by atoms with Crippen molar-refractivity contribution < 1.29 is 4.74 Å². The van der Waals surface area contributed by atoms with Crippen LogP contribution in [0, 0.1) is 0 Å². The number of hydrogen-bond acceptors (Lipinski definition) is 1. The summed E-state index contributed by atoms with van der Waals surface area (Å²) in [5.74, 6) is 1.83. The lowest BCUT2D eigenvalue weighted by atomic mass is 9.65. The Labute approximate surface area is 292 Å². The number of rotatable bonds is 2. The molecule has 0 aromatic heterocycles. The van der Waals surface area contributed by atoms with E-state index in [2.05, 4.69) is 183 Å². The van der Waals surface area contributed by atoms with Crippen molar-refractivity contribution in [3.05, 3.63) is 215 Å². The fourth-order valence-corrected chi connectivity index (χ4v) is 9.52. The molecule has 8 aromatic rings. The molecule has 1 heterocycles. The lowest BCUT2D eigenvalue weighted by molar-refractivity contribution is 0.437. The van der Waals surface area contributed by atoms with Crippen LogP contribution in [0.15, 0.2) is 176 Å². The van der Waals surface area contributed by atoms with Crippen LogP contribution in [0.25, 0.3) is 44.2 Å². The van der Waals surface area contributed by atoms with Gasteiger partial charge in [0.2, 0.25) is 0 Å². The molecule has 0 saturated carbocycles. The third kappa shape index (κ3) is 3.46. The predicted molar refractivity (Wildman–Crippen MR) is 204 cm³/mol. The second-order valence-corrected chi connectivity index (χ2v) is 14.1. The van der Waals surface area contributed by atoms with Crippen molar-refractivity contribution in [2.75, 3.05) is 0 Å². The minimum absolute atomic E-state index is 0.259. The van der Waals surface area contributed by atoms with Crippen LogP contribution in [0.5, 0.6) is 11.5 Å². The van der Waals surface area contributed by atoms with Crippen LogP contribution in [-0.4, -0.2) is 0 Å². The maximum atomic E-state index is 6.90. The van der Waals surface area contributed by atoms with Gasteiger partial charge in [0.15, 0.2) is 0 Å². The van der Waals surface area contributed by atoms with Gasteiger partial charge >= 0.3 is 0 Å². The average Bonchev–Trinajstić information content (AvgIpc) is 3.62. The van der Waals surface area contributed by atoms with Gasteiger partial charge in [0.25, 0.3) is 0 Å². The minimum Gasteiger partial charge on any atom is -0.457 e. The highest BCUT2D eigenvalue weighted by atomic mass is 16.5. The Morgan fingerprint density at radius 2 is 0.860 bits per heavy atom. The van der Waals surface area contributed by atoms with Gasteiger partial charge in [0.05, 0.1) is 5.41 Å². The Morgan fingerprint density at radius 3 is 1.56 bits per heavy atom. The van der Waals surface area contributed by atoms with Crippen molar-refractivity contribution in [2.24, 2.45) is 0 Å². The van der Waals surface area contributed by atoms with Crippen molar-refractivity contribution in [3.63, 3.8) is 0 Å². The number of ether oxygens (including phenoxy) is 1. The Hall–Kier alpha value is -6.18. The van der Waals surface area contributed by atoms with Gasteiger partial charge in [0, 0.05) is 16.5 Å². The van der Waals surface area contributed by atoms with E-state index in [0.29, 0.717) is 0 Å². The summed E-state index contributed by atoms with van der Waals surface area (Å²) in [5, 5.41) is 2.40. The van der Waals surface area contributed by atoms with Crippen LogP contribution < -0.4 is 4.74 Å². The largest absolute Gasteiger partial charge is 0.457 e. The molecule has 234 valence electrons. The quantitative estimate of drug-likeness (QED) is 0.183. The molecule has 3 aliphatic rings. The monoisotopic (exact) mass is 636 g/mol. The standard InChI is InChI=1S/C49H32O/c1-48(35-15-3-2-4-16-35)40-20-10-7-17-36(40)39-25-23-33(27-43(39)48)34-24-26-46-44(29-34)49(45-28-31-13-5-6-14-32(31)30-47(45)50-46)41-21-11-8-18-37(41)38-19-9-12-22-42(38)49/h2-30H,1H3. The average molecular weight is 637 g/mol. The van der Waals surface area contributed by atoms with Gasteiger partial charge in [-0.2, -0.15) is 0 Å². The molecule has 1 atom stereocenters. The Kier molecular flexibility index (Phi) is 5.51. The third-order valence-corrected chi connectivity index (χ3v) is 11.8. The smallest absolute Gasteiger partial charge is 0.132 e. The summed E-state index contributed by atoms with van der Waals surface area (Å²) < 4.78 is 6.90. The maximum Gasteiger partial charge on any atom is 0.132 e. The van der Waals surface area contributed by atoms with Gasteiger partial charge in [-0.15, -0.1) is 0 Å². The molecule has 2 aliphatic carbocycles. The van der Waals surface area contributed by atoms with E-state index in [-0.39, 0.29) is 5.41 Å². The van der Waals surface area contributed by atoms with E-state index in [1.165, 1.54) is 83.1 Å². The highest BCUT2D eigenvalue weighted by molar-refractivity contribution is 5.93. The van der Waals surface area contributed by atoms with Crippen LogP contribution in [0.4, 0.5) is 0 Å². The van der Waals surface area contributed by atoms with E-state index in [4.69, 9.17) is 4.74 Å². The maximum absolute atomic E-state index is 6.90. The van der Waals surface area contributed by atoms with Crippen molar-refractivity contribution >= 4 is 10.8 Å². The third-order valence-electron chi connectivity index (χ3n) is 11.8. The van der Waals surface area contributed by atoms with Crippen molar-refractivity contribution in [1.29, 1.82) is 0 Å². The second-order valence-electron chi connectivity index (χ2n) is 14.1. The van der Waals surface area contributed by atoms with Gasteiger partial charge in [-0.25, -0.2) is 0 Å². The van der Waals surface area contributed by atoms with Gasteiger partial charge in [-0.3, -0.25) is 0 Å². The molecule has 1 spiro atoms. The normalized spacial score (nSPS) is 16.9. The van der Waals surface area contributed by atoms with E-state index in [9.17, 15) is 0 Å². The van der Waals surface area contributed by atoms with Crippen molar-refractivity contribution in [2.45, 2.75) is 17.8 Å². The fourth-order valence-electron chi connectivity index (χ4n) is 9.52. The Morgan fingerprint density at radius 1 is 0.360 bits per heavy atom. The summed E-state index contributed by atoms with van der Waals surface area (Å²) in [4.78, 5) is 0. The molecular weight excluding hydrogens is 605 g/mol. The van der Waals surface area contributed by atoms with Crippen molar-refractivity contribution in [1.82, 2.24) is 0 Å². The predicted octanol–water partition coefficient (Wildman–Crippen LogP) is 12.3. The van der Waals surface area contributed by atoms with Crippen LogP contribution in [0.3, 0.4) is 0 Å². The van der Waals surface area contributed by atoms with Gasteiger partial charge in [-0.1, -0.05) is 146 Å². The SMILES string of the molecule is CC1(c2ccccc2)c2ccccc2-c2ccc(-c3ccc4c(c3)C3(c5cc6ccccc6cc5O4)c4ccccc4-c4ccccc43)cc21. The van der Waals surface area contributed by atoms with E-state index in [0.717, 1.165) is 11.5 Å². The highest BCUT2D eigenvalue weighted by Crippen LogP contribution is 2.63. The molecule has 8 aromatic carbocycles. The first-order valence-electron chi connectivity index (χ1n) is 17.5. The molecule has 0 fully saturated rings. The summed E-state index contributed by atoms with van der Waals surface area (Å²) in [6.45, 7) is 2.39. The molecule has 1 heteroatoms. The first kappa shape index (κ1) is 27.7. The zero-order chi connectivity index (χ0) is 33.0. The van der Waals surface area contributed by atoms with E-state index < -0.39 is 5.41 Å². The number of hydrogen-bond donors (Lipinski definition) is 0. The van der Waals surface area contributed by atoms with E-state index in [1.54, 1.807) is 0 Å². The zero-order valence-electron chi connectivity index (χ0n) is 27.7. The minimum atomic E-state index is -0.526. The molecule has 1 nitrogen and oxygen atoms in total. The number of benzene rings is 8. The molecular formula is C49H32O. The molecule has 0 N–H and O–H groups in total. The summed E-state index contributed by atoms with van der Waals surface area (Å²) in [5.41, 5.74) is 15.8. The highest BCUT2D eigenvalue weighted by Gasteiger charge is 2.51. The Balaban J connectivity index is 1.18. The van der Waals surface area contributed by atoms with Crippen LogP contribution >= 0.6 is 0 Å². The van der Waals surface area contributed by atoms with Gasteiger partial charge in [-0.05, 0) is 109 Å². The summed E-state index contributed by atoms with van der Waals surface area (Å²) in [7, 11) is 0. The Bertz CT molecular complexity index is 2660. The molecule has 1 aliphatic heterocycles. The summed E-state index contributed by atoms with van der Waals surface area (Å²) in [6.07, 6.45) is 0. The van der Waals surface area contributed by atoms with Crippen molar-refractivity contribution in [3.8, 4) is 44.9 Å². The zero-order valence-corrected chi connectivity index (χ0v) is 27.7. The molecule has 0 radical (unpaired) electrons. The summed E-state index contributed by atoms with van der Waals surface area (Å²) in [6, 6.07) is 65.0. The first-order chi connectivity index (χ1) is 24.7. The molecule has 50 heavy (non-hydrogen) atoms. The second kappa shape index (κ2) is 9.94. The topological polar surface area (TPSA) is 9.23 Å². The molecule has 11 rings (SSSR count). The van der Waals surface area contributed by atoms with Gasteiger partial charge < -0.3 is 4.74 Å². The first-order valence-corrected chi connectivity index (χ1v) is 17.5. The fraction of sp³-hybridized carbons (Fsp3) is 0.0612. The molecule has 0 saturated heterocycles. The van der Waals surface area contributed by atoms with E-state index >= 15 is 0 Å². The summed E-state index contributed by atoms with van der Waals surface area (Å²) >= 11 is 0. The van der Waals surface area contributed by atoms with Crippen LogP contribution in [-0.2, 0) is 10.8 Å². The van der Waals surface area contributed by atoms with Gasteiger partial charge in [0.1, 0.15) is 11.5 Å². The lowest BCUT2D eigenvalue weighted by Gasteiger charge is -2.40.